The van der Waals surface area contributed by atoms with E-state index in [1.54, 1.807) is 23.1 Å². The molecule has 0 bridgehead atoms. The lowest BCUT2D eigenvalue weighted by molar-refractivity contribution is -0.141. The van der Waals surface area contributed by atoms with Crippen molar-refractivity contribution in [3.05, 3.63) is 47.6 Å². The highest BCUT2D eigenvalue weighted by atomic mass is 32.2. The highest BCUT2D eigenvalue weighted by Gasteiger charge is 2.09. The Kier molecular flexibility index (Phi) is 5.53. The summed E-state index contributed by atoms with van der Waals surface area (Å²) < 4.78 is 5.31. The third-order valence-electron chi connectivity index (χ3n) is 3.11. The van der Waals surface area contributed by atoms with Crippen molar-refractivity contribution in [1.29, 1.82) is 0 Å². The number of esters is 1. The van der Waals surface area contributed by atoms with E-state index < -0.39 is 0 Å². The Morgan fingerprint density at radius 3 is 2.83 bits per heavy atom. The quantitative estimate of drug-likeness (QED) is 0.371. The smallest absolute Gasteiger partial charge is 0.316 e. The van der Waals surface area contributed by atoms with Gasteiger partial charge in [0.1, 0.15) is 22.8 Å². The van der Waals surface area contributed by atoms with Gasteiger partial charge in [-0.2, -0.15) is 0 Å². The molecule has 0 fully saturated rings. The second kappa shape index (κ2) is 7.81. The molecule has 0 saturated heterocycles. The van der Waals surface area contributed by atoms with Gasteiger partial charge in [-0.25, -0.2) is 9.97 Å². The largest absolute Gasteiger partial charge is 0.460 e. The Labute approximate surface area is 146 Å². The maximum atomic E-state index is 11.9. The van der Waals surface area contributed by atoms with E-state index in [9.17, 15) is 4.79 Å². The SMILES string of the molecule is CSc1ccc(COC(=O)CSc2ncnc3sccc23)cc1. The summed E-state index contributed by atoms with van der Waals surface area (Å²) >= 11 is 4.63. The molecule has 0 atom stereocenters. The van der Waals surface area contributed by atoms with E-state index in [4.69, 9.17) is 4.74 Å². The Balaban J connectivity index is 1.52. The monoisotopic (exact) mass is 362 g/mol. The van der Waals surface area contributed by atoms with Gasteiger partial charge in [0.25, 0.3) is 0 Å². The number of ether oxygens (including phenoxy) is 1. The molecule has 4 nitrogen and oxygen atoms in total. The number of aromatic nitrogens is 2. The predicted octanol–water partition coefficient (Wildman–Crippen LogP) is 4.25. The third kappa shape index (κ3) is 4.25. The van der Waals surface area contributed by atoms with E-state index in [1.807, 2.05) is 42.0 Å². The average Bonchev–Trinajstić information content (AvgIpc) is 3.07. The number of thioether (sulfide) groups is 2. The summed E-state index contributed by atoms with van der Waals surface area (Å²) in [6.07, 6.45) is 3.56. The fourth-order valence-corrected chi connectivity index (χ4v) is 3.92. The van der Waals surface area contributed by atoms with Crippen LogP contribution in [0, 0.1) is 0 Å². The van der Waals surface area contributed by atoms with Gasteiger partial charge in [-0.3, -0.25) is 4.79 Å². The Morgan fingerprint density at radius 2 is 2.04 bits per heavy atom. The molecule has 0 unspecified atom stereocenters. The summed E-state index contributed by atoms with van der Waals surface area (Å²) in [5.41, 5.74) is 0.989. The first-order valence-electron chi connectivity index (χ1n) is 6.86. The summed E-state index contributed by atoms with van der Waals surface area (Å²) in [6.45, 7) is 0.297. The molecule has 0 aliphatic rings. The van der Waals surface area contributed by atoms with Crippen molar-refractivity contribution in [3.8, 4) is 0 Å². The molecule has 7 heteroatoms. The number of rotatable bonds is 6. The summed E-state index contributed by atoms with van der Waals surface area (Å²) in [7, 11) is 0. The van der Waals surface area contributed by atoms with Crippen molar-refractivity contribution < 1.29 is 9.53 Å². The molecule has 0 aliphatic heterocycles. The Bertz CT molecular complexity index is 802. The van der Waals surface area contributed by atoms with Gasteiger partial charge in [-0.05, 0) is 35.4 Å². The first kappa shape index (κ1) is 16.3. The van der Waals surface area contributed by atoms with Crippen LogP contribution in [0.4, 0.5) is 0 Å². The van der Waals surface area contributed by atoms with Gasteiger partial charge in [0, 0.05) is 10.3 Å². The molecule has 118 valence electrons. The normalized spacial score (nSPS) is 10.8. The number of hydrogen-bond acceptors (Lipinski definition) is 7. The lowest BCUT2D eigenvalue weighted by Crippen LogP contribution is -2.07. The average molecular weight is 363 g/mol. The van der Waals surface area contributed by atoms with Crippen molar-refractivity contribution in [2.24, 2.45) is 0 Å². The number of hydrogen-bond donors (Lipinski definition) is 0. The lowest BCUT2D eigenvalue weighted by Gasteiger charge is -2.06. The van der Waals surface area contributed by atoms with Crippen LogP contribution in [-0.4, -0.2) is 27.9 Å². The van der Waals surface area contributed by atoms with Crippen molar-refractivity contribution in [3.63, 3.8) is 0 Å². The molecule has 0 aliphatic carbocycles. The first-order chi connectivity index (χ1) is 11.3. The molecule has 0 N–H and O–H groups in total. The van der Waals surface area contributed by atoms with Crippen LogP contribution >= 0.6 is 34.9 Å². The van der Waals surface area contributed by atoms with Crippen LogP contribution in [0.5, 0.6) is 0 Å². The number of benzene rings is 1. The van der Waals surface area contributed by atoms with E-state index in [-0.39, 0.29) is 11.7 Å². The van der Waals surface area contributed by atoms with Crippen LogP contribution in [0.25, 0.3) is 10.2 Å². The highest BCUT2D eigenvalue weighted by Crippen LogP contribution is 2.27. The second-order valence-electron chi connectivity index (χ2n) is 4.62. The van der Waals surface area contributed by atoms with Gasteiger partial charge in [-0.15, -0.1) is 23.1 Å². The van der Waals surface area contributed by atoms with Crippen LogP contribution in [0.15, 0.2) is 52.0 Å². The molecule has 3 aromatic rings. The standard InChI is InChI=1S/C16H14N2O2S3/c1-21-12-4-2-11(3-5-12)8-20-14(19)9-23-16-13-6-7-22-15(13)17-10-18-16/h2-7,10H,8-9H2,1H3. The molecule has 0 spiro atoms. The van der Waals surface area contributed by atoms with Crippen LogP contribution in [-0.2, 0) is 16.1 Å². The zero-order valence-electron chi connectivity index (χ0n) is 12.4. The van der Waals surface area contributed by atoms with E-state index in [0.29, 0.717) is 6.61 Å². The zero-order valence-corrected chi connectivity index (χ0v) is 14.8. The Morgan fingerprint density at radius 1 is 1.22 bits per heavy atom. The van der Waals surface area contributed by atoms with Crippen molar-refractivity contribution >= 4 is 51.0 Å². The minimum absolute atomic E-state index is 0.241. The van der Waals surface area contributed by atoms with Crippen LogP contribution < -0.4 is 0 Å². The molecule has 0 saturated carbocycles. The molecule has 2 heterocycles. The molecular formula is C16H14N2O2S3. The Hall–Kier alpha value is -1.57. The molecule has 1 aromatic carbocycles. The van der Waals surface area contributed by atoms with Gasteiger partial charge < -0.3 is 4.74 Å². The summed E-state index contributed by atoms with van der Waals surface area (Å²) in [6, 6.07) is 9.98. The third-order valence-corrected chi connectivity index (χ3v) is 5.65. The minimum Gasteiger partial charge on any atom is -0.460 e. The maximum Gasteiger partial charge on any atom is 0.316 e. The fourth-order valence-electron chi connectivity index (χ4n) is 1.94. The number of carbonyl (C=O) groups is 1. The van der Waals surface area contributed by atoms with Crippen molar-refractivity contribution in [1.82, 2.24) is 9.97 Å². The van der Waals surface area contributed by atoms with Gasteiger partial charge in [0.15, 0.2) is 0 Å². The second-order valence-corrected chi connectivity index (χ2v) is 7.35. The van der Waals surface area contributed by atoms with Crippen LogP contribution in [0.2, 0.25) is 0 Å². The number of fused-ring (bicyclic) bond motifs is 1. The summed E-state index contributed by atoms with van der Waals surface area (Å²) in [5, 5.41) is 3.78. The molecule has 2 aromatic heterocycles. The number of nitrogens with zero attached hydrogens (tertiary/aromatic N) is 2. The van der Waals surface area contributed by atoms with E-state index in [0.717, 1.165) is 20.8 Å². The molecular weight excluding hydrogens is 348 g/mol. The number of carbonyl (C=O) groups excluding carboxylic acids is 1. The molecule has 3 rings (SSSR count). The van der Waals surface area contributed by atoms with Crippen LogP contribution in [0.1, 0.15) is 5.56 Å². The summed E-state index contributed by atoms with van der Waals surface area (Å²) in [5.74, 6) is -0.00358. The van der Waals surface area contributed by atoms with Crippen molar-refractivity contribution in [2.45, 2.75) is 16.5 Å². The van der Waals surface area contributed by atoms with Gasteiger partial charge in [-0.1, -0.05) is 23.9 Å². The van der Waals surface area contributed by atoms with Gasteiger partial charge in [0.05, 0.1) is 5.75 Å². The molecule has 0 amide bonds. The zero-order chi connectivity index (χ0) is 16.1. The van der Waals surface area contributed by atoms with E-state index >= 15 is 0 Å². The van der Waals surface area contributed by atoms with E-state index in [2.05, 4.69) is 9.97 Å². The molecule has 23 heavy (non-hydrogen) atoms. The minimum atomic E-state index is -0.245. The highest BCUT2D eigenvalue weighted by molar-refractivity contribution is 8.00. The van der Waals surface area contributed by atoms with Gasteiger partial charge >= 0.3 is 5.97 Å². The fraction of sp³-hybridized carbons (Fsp3) is 0.188. The number of thiophene rings is 1. The predicted molar refractivity (Wildman–Crippen MR) is 96.2 cm³/mol. The van der Waals surface area contributed by atoms with Crippen LogP contribution in [0.3, 0.4) is 0 Å². The van der Waals surface area contributed by atoms with Crippen molar-refractivity contribution in [2.75, 3.05) is 12.0 Å². The summed E-state index contributed by atoms with van der Waals surface area (Å²) in [4.78, 5) is 22.5. The first-order valence-corrected chi connectivity index (χ1v) is 9.95. The maximum absolute atomic E-state index is 11.9. The van der Waals surface area contributed by atoms with Gasteiger partial charge in [0.2, 0.25) is 0 Å². The lowest BCUT2D eigenvalue weighted by atomic mass is 10.2. The topological polar surface area (TPSA) is 52.1 Å². The van der Waals surface area contributed by atoms with E-state index in [1.165, 1.54) is 23.0 Å². The molecule has 0 radical (unpaired) electrons.